The fraction of sp³-hybridized carbons (Fsp3) is 0.412. The molecule has 1 N–H and O–H groups in total. The number of allylic oxidation sites excluding steroid dienone is 1. The lowest BCUT2D eigenvalue weighted by atomic mass is 9.84. The first-order chi connectivity index (χ1) is 11.8. The number of anilines is 2. The molecule has 1 aliphatic carbocycles. The Kier molecular flexibility index (Phi) is 4.51. The van der Waals surface area contributed by atoms with Crippen molar-refractivity contribution in [2.45, 2.75) is 32.7 Å². The van der Waals surface area contributed by atoms with Crippen LogP contribution >= 0.6 is 11.6 Å². The number of hydrogen-bond acceptors (Lipinski definition) is 5. The van der Waals surface area contributed by atoms with Gasteiger partial charge in [-0.15, -0.1) is 11.6 Å². The van der Waals surface area contributed by atoms with Crippen molar-refractivity contribution in [2.75, 3.05) is 16.1 Å². The van der Waals surface area contributed by atoms with Gasteiger partial charge in [-0.25, -0.2) is 0 Å². The first kappa shape index (κ1) is 17.4. The molecular weight excluding hydrogens is 346 g/mol. The number of rotatable bonds is 2. The number of carbonyl (C=O) groups excluding carboxylic acids is 2. The number of alkyl halides is 1. The molecule has 2 aliphatic rings. The number of Topliss-reactive ketones (excluding diaryl/α,β-unsaturated/α-hetero) is 1. The highest BCUT2D eigenvalue weighted by atomic mass is 35.5. The summed E-state index contributed by atoms with van der Waals surface area (Å²) in [6, 6.07) is 3.76. The second-order valence-electron chi connectivity index (χ2n) is 6.49. The van der Waals surface area contributed by atoms with Crippen molar-refractivity contribution in [1.29, 1.82) is 0 Å². The molecule has 1 aromatic rings. The zero-order valence-electron chi connectivity index (χ0n) is 13.9. The molecule has 0 saturated carbocycles. The lowest BCUT2D eigenvalue weighted by Gasteiger charge is -2.31. The summed E-state index contributed by atoms with van der Waals surface area (Å²) in [5, 5.41) is 14.3. The molecule has 3 rings (SSSR count). The van der Waals surface area contributed by atoms with Crippen molar-refractivity contribution >= 4 is 40.4 Å². The summed E-state index contributed by atoms with van der Waals surface area (Å²) >= 11 is 5.77. The van der Waals surface area contributed by atoms with Crippen LogP contribution in [0, 0.1) is 16.0 Å². The van der Waals surface area contributed by atoms with Gasteiger partial charge in [-0.2, -0.15) is 0 Å². The molecule has 0 bridgehead atoms. The Morgan fingerprint density at radius 2 is 2.12 bits per heavy atom. The third kappa shape index (κ3) is 3.00. The number of fused-ring (bicyclic) bond motifs is 1. The average Bonchev–Trinajstić information content (AvgIpc) is 2.66. The van der Waals surface area contributed by atoms with E-state index in [4.69, 9.17) is 11.6 Å². The van der Waals surface area contributed by atoms with Crippen molar-refractivity contribution < 1.29 is 14.5 Å². The van der Waals surface area contributed by atoms with Gasteiger partial charge in [-0.1, -0.05) is 6.92 Å². The Labute approximate surface area is 149 Å². The molecular formula is C17H18ClN3O4. The fourth-order valence-corrected chi connectivity index (χ4v) is 3.72. The molecule has 132 valence electrons. The van der Waals surface area contributed by atoms with Gasteiger partial charge in [0, 0.05) is 29.8 Å². The SMILES string of the molecule is CC1CC(=O)C2=C(C1)Nc1cc([N+](=O)[O-])ccc1N(C(=O)CCl)C2C. The maximum atomic E-state index is 12.6. The van der Waals surface area contributed by atoms with Gasteiger partial charge in [-0.3, -0.25) is 19.7 Å². The third-order valence-corrected chi connectivity index (χ3v) is 4.86. The van der Waals surface area contributed by atoms with Crippen LogP contribution in [0.5, 0.6) is 0 Å². The Morgan fingerprint density at radius 1 is 1.40 bits per heavy atom. The van der Waals surface area contributed by atoms with Crippen molar-refractivity contribution in [1.82, 2.24) is 0 Å². The number of carbonyl (C=O) groups is 2. The molecule has 2 unspecified atom stereocenters. The van der Waals surface area contributed by atoms with E-state index in [9.17, 15) is 19.7 Å². The third-order valence-electron chi connectivity index (χ3n) is 4.64. The van der Waals surface area contributed by atoms with Gasteiger partial charge in [0.2, 0.25) is 5.91 Å². The fourth-order valence-electron chi connectivity index (χ4n) is 3.59. The van der Waals surface area contributed by atoms with Crippen LogP contribution in [0.2, 0.25) is 0 Å². The van der Waals surface area contributed by atoms with Crippen LogP contribution in [0.3, 0.4) is 0 Å². The van der Waals surface area contributed by atoms with E-state index in [2.05, 4.69) is 5.32 Å². The number of amides is 1. The van der Waals surface area contributed by atoms with Gasteiger partial charge in [0.25, 0.3) is 5.69 Å². The van der Waals surface area contributed by atoms with Gasteiger partial charge in [0.05, 0.1) is 22.3 Å². The summed E-state index contributed by atoms with van der Waals surface area (Å²) in [4.78, 5) is 37.1. The predicted molar refractivity (Wildman–Crippen MR) is 94.8 cm³/mol. The lowest BCUT2D eigenvalue weighted by Crippen LogP contribution is -2.43. The predicted octanol–water partition coefficient (Wildman–Crippen LogP) is 3.23. The number of halogens is 1. The molecule has 1 aliphatic heterocycles. The minimum atomic E-state index is -0.492. The standard InChI is InChI=1S/C17H18ClN3O4/c1-9-5-13-17(15(22)6-9)10(2)20(16(23)8-18)14-4-3-11(21(24)25)7-12(14)19-13/h3-4,7,9-10,19H,5-6,8H2,1-2H3. The monoisotopic (exact) mass is 363 g/mol. The first-order valence-corrected chi connectivity index (χ1v) is 8.56. The average molecular weight is 364 g/mol. The molecule has 1 heterocycles. The molecule has 0 saturated heterocycles. The van der Waals surface area contributed by atoms with Crippen LogP contribution < -0.4 is 10.2 Å². The summed E-state index contributed by atoms with van der Waals surface area (Å²) in [5.74, 6) is -0.438. The zero-order chi connectivity index (χ0) is 18.3. The van der Waals surface area contributed by atoms with E-state index in [-0.39, 0.29) is 29.2 Å². The van der Waals surface area contributed by atoms with Crippen molar-refractivity contribution in [3.8, 4) is 0 Å². The number of nitrogens with zero attached hydrogens (tertiary/aromatic N) is 2. The molecule has 25 heavy (non-hydrogen) atoms. The van der Waals surface area contributed by atoms with Crippen LogP contribution in [-0.2, 0) is 9.59 Å². The highest BCUT2D eigenvalue weighted by Crippen LogP contribution is 2.41. The highest BCUT2D eigenvalue weighted by molar-refractivity contribution is 6.30. The maximum Gasteiger partial charge on any atom is 0.271 e. The van der Waals surface area contributed by atoms with E-state index < -0.39 is 11.0 Å². The summed E-state index contributed by atoms with van der Waals surface area (Å²) in [7, 11) is 0. The molecule has 1 aromatic carbocycles. The number of nitrogens with one attached hydrogen (secondary N) is 1. The van der Waals surface area contributed by atoms with Crippen LogP contribution in [0.1, 0.15) is 26.7 Å². The summed E-state index contributed by atoms with van der Waals surface area (Å²) in [6.45, 7) is 3.76. The van der Waals surface area contributed by atoms with Crippen LogP contribution in [0.15, 0.2) is 29.5 Å². The van der Waals surface area contributed by atoms with Crippen LogP contribution in [-0.4, -0.2) is 28.5 Å². The summed E-state index contributed by atoms with van der Waals surface area (Å²) < 4.78 is 0. The van der Waals surface area contributed by atoms with E-state index in [1.165, 1.54) is 23.1 Å². The number of ketones is 1. The van der Waals surface area contributed by atoms with Gasteiger partial charge in [-0.05, 0) is 25.3 Å². The normalized spacial score (nSPS) is 22.7. The molecule has 7 nitrogen and oxygen atoms in total. The van der Waals surface area contributed by atoms with Gasteiger partial charge in [0.1, 0.15) is 5.88 Å². The van der Waals surface area contributed by atoms with Gasteiger partial charge < -0.3 is 10.2 Å². The Hall–Kier alpha value is -2.41. The Morgan fingerprint density at radius 3 is 2.76 bits per heavy atom. The molecule has 8 heteroatoms. The van der Waals surface area contributed by atoms with E-state index in [1.54, 1.807) is 6.92 Å². The smallest absolute Gasteiger partial charge is 0.271 e. The summed E-state index contributed by atoms with van der Waals surface area (Å²) in [5.41, 5.74) is 2.11. The van der Waals surface area contributed by atoms with E-state index in [0.717, 1.165) is 5.70 Å². The number of nitro benzene ring substituents is 1. The second-order valence-corrected chi connectivity index (χ2v) is 6.75. The van der Waals surface area contributed by atoms with Crippen molar-refractivity contribution in [3.05, 3.63) is 39.6 Å². The van der Waals surface area contributed by atoms with Crippen molar-refractivity contribution in [2.24, 2.45) is 5.92 Å². The van der Waals surface area contributed by atoms with E-state index in [0.29, 0.717) is 29.8 Å². The number of benzene rings is 1. The maximum absolute atomic E-state index is 12.6. The number of nitro groups is 1. The molecule has 0 spiro atoms. The Balaban J connectivity index is 2.20. The van der Waals surface area contributed by atoms with Crippen LogP contribution in [0.4, 0.5) is 17.1 Å². The highest BCUT2D eigenvalue weighted by Gasteiger charge is 2.37. The van der Waals surface area contributed by atoms with Crippen molar-refractivity contribution in [3.63, 3.8) is 0 Å². The molecule has 1 amide bonds. The lowest BCUT2D eigenvalue weighted by molar-refractivity contribution is -0.384. The van der Waals surface area contributed by atoms with Gasteiger partial charge in [0.15, 0.2) is 5.78 Å². The molecule has 0 fully saturated rings. The van der Waals surface area contributed by atoms with Gasteiger partial charge >= 0.3 is 0 Å². The molecule has 0 aromatic heterocycles. The zero-order valence-corrected chi connectivity index (χ0v) is 14.7. The topological polar surface area (TPSA) is 92.5 Å². The number of hydrogen-bond donors (Lipinski definition) is 1. The minimum absolute atomic E-state index is 0.0107. The molecule has 0 radical (unpaired) electrons. The van der Waals surface area contributed by atoms with E-state index >= 15 is 0 Å². The van der Waals surface area contributed by atoms with Crippen LogP contribution in [0.25, 0.3) is 0 Å². The quantitative estimate of drug-likeness (QED) is 0.494. The minimum Gasteiger partial charge on any atom is -0.357 e. The first-order valence-electron chi connectivity index (χ1n) is 8.03. The molecule has 2 atom stereocenters. The number of non-ortho nitro benzene ring substituents is 1. The largest absolute Gasteiger partial charge is 0.357 e. The van der Waals surface area contributed by atoms with E-state index in [1.807, 2.05) is 6.92 Å². The summed E-state index contributed by atoms with van der Waals surface area (Å²) in [6.07, 6.45) is 1.07. The second kappa shape index (κ2) is 6.48. The Bertz CT molecular complexity index is 805.